The fourth-order valence-electron chi connectivity index (χ4n) is 2.67. The summed E-state index contributed by atoms with van der Waals surface area (Å²) >= 11 is 0. The van der Waals surface area contributed by atoms with Gasteiger partial charge in [0.1, 0.15) is 12.4 Å². The van der Waals surface area contributed by atoms with Gasteiger partial charge in [0.2, 0.25) is 5.91 Å². The number of ether oxygens (including phenoxy) is 1. The van der Waals surface area contributed by atoms with E-state index in [9.17, 15) is 4.79 Å². The normalized spacial score (nSPS) is 13.6. The number of nitrogens with zero attached hydrogens (tertiary/aromatic N) is 3. The maximum atomic E-state index is 12.1. The molecule has 1 aliphatic heterocycles. The zero-order valence-corrected chi connectivity index (χ0v) is 15.1. The average Bonchev–Trinajstić information content (AvgIpc) is 3.47. The summed E-state index contributed by atoms with van der Waals surface area (Å²) in [6.45, 7) is 1.03. The molecular weight excluding hydrogens is 340 g/mol. The van der Waals surface area contributed by atoms with Gasteiger partial charge in [-0.05, 0) is 35.4 Å². The Bertz CT molecular complexity index is 820. The number of benzene rings is 1. The first-order chi connectivity index (χ1) is 13.2. The molecule has 138 valence electrons. The number of terminal acetylenes is 1. The van der Waals surface area contributed by atoms with Crippen molar-refractivity contribution in [2.24, 2.45) is 10.2 Å². The van der Waals surface area contributed by atoms with Crippen molar-refractivity contribution in [2.75, 3.05) is 6.54 Å². The van der Waals surface area contributed by atoms with Crippen LogP contribution in [0.4, 0.5) is 0 Å². The Morgan fingerprint density at radius 2 is 1.81 bits per heavy atom. The number of amides is 1. The monoisotopic (exact) mass is 362 g/mol. The van der Waals surface area contributed by atoms with E-state index >= 15 is 0 Å². The highest BCUT2D eigenvalue weighted by Gasteiger charge is 2.38. The van der Waals surface area contributed by atoms with Gasteiger partial charge in [0, 0.05) is 38.2 Å². The number of hydrogen-bond donors (Lipinski definition) is 1. The molecule has 1 aromatic heterocycles. The summed E-state index contributed by atoms with van der Waals surface area (Å²) in [7, 11) is 0. The lowest BCUT2D eigenvalue weighted by Gasteiger charge is -2.10. The molecule has 0 radical (unpaired) electrons. The second-order valence-corrected chi connectivity index (χ2v) is 6.45. The third kappa shape index (κ3) is 5.93. The topological polar surface area (TPSA) is 75.9 Å². The molecule has 6 nitrogen and oxygen atoms in total. The Labute approximate surface area is 159 Å². The van der Waals surface area contributed by atoms with Crippen LogP contribution in [0.1, 0.15) is 30.4 Å². The average molecular weight is 362 g/mol. The number of nitrogens with one attached hydrogen (secondary N) is 1. The van der Waals surface area contributed by atoms with Crippen LogP contribution in [0.5, 0.6) is 5.75 Å². The van der Waals surface area contributed by atoms with Gasteiger partial charge in [0.25, 0.3) is 0 Å². The molecule has 1 aromatic carbocycles. The van der Waals surface area contributed by atoms with Gasteiger partial charge < -0.3 is 10.1 Å². The predicted molar refractivity (Wildman–Crippen MR) is 102 cm³/mol. The fourth-order valence-corrected chi connectivity index (χ4v) is 2.67. The molecular formula is C21H22N4O2. The lowest BCUT2D eigenvalue weighted by atomic mass is 10.0. The number of hydrogen-bond acceptors (Lipinski definition) is 5. The Balaban J connectivity index is 1.37. The summed E-state index contributed by atoms with van der Waals surface area (Å²) in [5, 5.41) is 11.0. The van der Waals surface area contributed by atoms with E-state index in [2.05, 4.69) is 26.4 Å². The van der Waals surface area contributed by atoms with Crippen molar-refractivity contribution in [1.82, 2.24) is 10.3 Å². The maximum Gasteiger partial charge on any atom is 0.224 e. The second-order valence-electron chi connectivity index (χ2n) is 6.45. The summed E-state index contributed by atoms with van der Waals surface area (Å²) in [5.74, 6) is 3.34. The van der Waals surface area contributed by atoms with Crippen molar-refractivity contribution in [2.45, 2.75) is 38.0 Å². The van der Waals surface area contributed by atoms with Crippen LogP contribution in [0.15, 0.2) is 59.0 Å². The fraction of sp³-hybridized carbons (Fsp3) is 0.333. The first-order valence-corrected chi connectivity index (χ1v) is 8.94. The van der Waals surface area contributed by atoms with E-state index in [0.29, 0.717) is 32.4 Å². The van der Waals surface area contributed by atoms with Crippen molar-refractivity contribution in [1.29, 1.82) is 0 Å². The van der Waals surface area contributed by atoms with Crippen LogP contribution in [-0.2, 0) is 17.8 Å². The van der Waals surface area contributed by atoms with E-state index in [1.54, 1.807) is 12.4 Å². The molecule has 0 atom stereocenters. The van der Waals surface area contributed by atoms with E-state index in [0.717, 1.165) is 23.3 Å². The van der Waals surface area contributed by atoms with Gasteiger partial charge in [-0.15, -0.1) is 12.3 Å². The summed E-state index contributed by atoms with van der Waals surface area (Å²) in [4.78, 5) is 16.1. The molecule has 6 heteroatoms. The van der Waals surface area contributed by atoms with E-state index in [1.165, 1.54) is 0 Å². The molecule has 0 unspecified atom stereocenters. The van der Waals surface area contributed by atoms with Crippen molar-refractivity contribution in [3.05, 3.63) is 59.9 Å². The molecule has 0 fully saturated rings. The number of aromatic nitrogens is 1. The van der Waals surface area contributed by atoms with Crippen LogP contribution >= 0.6 is 0 Å². The van der Waals surface area contributed by atoms with E-state index in [-0.39, 0.29) is 11.6 Å². The lowest BCUT2D eigenvalue weighted by molar-refractivity contribution is -0.120. The first kappa shape index (κ1) is 18.6. The van der Waals surface area contributed by atoms with Gasteiger partial charge in [-0.2, -0.15) is 10.2 Å². The van der Waals surface area contributed by atoms with Crippen LogP contribution in [-0.4, -0.2) is 23.1 Å². The summed E-state index contributed by atoms with van der Waals surface area (Å²) in [6, 6.07) is 11.4. The molecule has 27 heavy (non-hydrogen) atoms. The van der Waals surface area contributed by atoms with Crippen molar-refractivity contribution in [3.63, 3.8) is 0 Å². The number of carbonyl (C=O) groups excluding carboxylic acids is 1. The van der Waals surface area contributed by atoms with Crippen LogP contribution in [0, 0.1) is 12.3 Å². The summed E-state index contributed by atoms with van der Waals surface area (Å²) in [5.41, 5.74) is 1.64. The molecule has 2 aromatic rings. The minimum atomic E-state index is -0.354. The molecule has 1 N–H and O–H groups in total. The van der Waals surface area contributed by atoms with Gasteiger partial charge in [-0.1, -0.05) is 12.1 Å². The molecule has 1 amide bonds. The number of rotatable bonds is 10. The minimum absolute atomic E-state index is 0.0202. The van der Waals surface area contributed by atoms with Gasteiger partial charge in [0.05, 0.1) is 6.42 Å². The third-order valence-electron chi connectivity index (χ3n) is 4.34. The van der Waals surface area contributed by atoms with Gasteiger partial charge in [0.15, 0.2) is 5.66 Å². The smallest absolute Gasteiger partial charge is 0.224 e. The zero-order chi connectivity index (χ0) is 19.0. The predicted octanol–water partition coefficient (Wildman–Crippen LogP) is 3.28. The standard InChI is InChI=1S/C21H22N4O2/c1-2-3-10-21(24-25-21)11-14-23-20(26)15-17-4-6-19(7-5-17)27-16-18-8-12-22-13-9-18/h1,4-9,12-13H,3,10-11,14-16H2,(H,23,26). The Kier molecular flexibility index (Phi) is 6.16. The van der Waals surface area contributed by atoms with Crippen LogP contribution in [0.2, 0.25) is 0 Å². The first-order valence-electron chi connectivity index (χ1n) is 8.94. The van der Waals surface area contributed by atoms with Crippen molar-refractivity contribution < 1.29 is 9.53 Å². The molecule has 0 saturated carbocycles. The number of carbonyl (C=O) groups is 1. The Hall–Kier alpha value is -3.20. The second kappa shape index (κ2) is 8.95. The van der Waals surface area contributed by atoms with Crippen LogP contribution in [0.3, 0.4) is 0 Å². The zero-order valence-electron chi connectivity index (χ0n) is 15.1. The summed E-state index contributed by atoms with van der Waals surface area (Å²) in [6.07, 6.45) is 11.2. The van der Waals surface area contributed by atoms with Gasteiger partial charge >= 0.3 is 0 Å². The molecule has 0 aliphatic carbocycles. The van der Waals surface area contributed by atoms with E-state index < -0.39 is 0 Å². The Morgan fingerprint density at radius 1 is 1.07 bits per heavy atom. The third-order valence-corrected chi connectivity index (χ3v) is 4.34. The molecule has 3 rings (SSSR count). The van der Waals surface area contributed by atoms with E-state index in [4.69, 9.17) is 11.2 Å². The van der Waals surface area contributed by atoms with Crippen molar-refractivity contribution >= 4 is 5.91 Å². The molecule has 0 spiro atoms. The van der Waals surface area contributed by atoms with E-state index in [1.807, 2.05) is 36.4 Å². The molecule has 0 bridgehead atoms. The molecule has 2 heterocycles. The van der Waals surface area contributed by atoms with Gasteiger partial charge in [-0.3, -0.25) is 9.78 Å². The van der Waals surface area contributed by atoms with Crippen molar-refractivity contribution in [3.8, 4) is 18.1 Å². The highest BCUT2D eigenvalue weighted by atomic mass is 16.5. The lowest BCUT2D eigenvalue weighted by Crippen LogP contribution is -2.29. The largest absolute Gasteiger partial charge is 0.489 e. The quantitative estimate of drug-likeness (QED) is 0.659. The summed E-state index contributed by atoms with van der Waals surface area (Å²) < 4.78 is 5.73. The van der Waals surface area contributed by atoms with Gasteiger partial charge in [-0.25, -0.2) is 0 Å². The SMILES string of the molecule is C#CCCC1(CCNC(=O)Cc2ccc(OCc3ccncc3)cc2)N=N1. The molecule has 1 aliphatic rings. The minimum Gasteiger partial charge on any atom is -0.489 e. The molecule has 0 saturated heterocycles. The van der Waals surface area contributed by atoms with Crippen LogP contribution in [0.25, 0.3) is 0 Å². The van der Waals surface area contributed by atoms with Crippen LogP contribution < -0.4 is 10.1 Å². The maximum absolute atomic E-state index is 12.1. The Morgan fingerprint density at radius 3 is 2.48 bits per heavy atom. The highest BCUT2D eigenvalue weighted by Crippen LogP contribution is 2.35. The number of pyridine rings is 1. The highest BCUT2D eigenvalue weighted by molar-refractivity contribution is 5.78.